The van der Waals surface area contributed by atoms with E-state index in [2.05, 4.69) is 17.9 Å². The lowest BCUT2D eigenvalue weighted by Crippen LogP contribution is -2.66. The first-order valence-corrected chi connectivity index (χ1v) is 22.4. The molecule has 0 aromatic heterocycles. The fourth-order valence-electron chi connectivity index (χ4n) is 7.80. The highest BCUT2D eigenvalue weighted by Crippen LogP contribution is 2.29. The number of nitrogens with two attached hydrogens (primary N) is 5. The molecule has 22 N–H and O–H groups in total. The van der Waals surface area contributed by atoms with Crippen LogP contribution < -0.4 is 34.0 Å². The van der Waals surface area contributed by atoms with Crippen molar-refractivity contribution in [1.29, 1.82) is 0 Å². The zero-order valence-corrected chi connectivity index (χ0v) is 36.9. The standard InChI is InChI=1S/C37H70N6O22S/c38-18-29(52)24(47)13(62-33(18)56-5-2-4-43-17(45)3-1-6-66)8-58-35-20(40)31(54)26(49)15(64-35)10-60-37-22(42)32(55)27(50)16(65-37)11-59-36-21(41)30(53)25(48)14(63-36)9-57-34-19(39)28(51)23(46)12(7-44)61-34/h12-16,18-37,44,46-55,66H,1-11,38-42H2,(H,43,45)/t12?,13?,14?,15?,16?,18?,19?,20-,21?,22?,23-,24-,25-,26-,27-,28?,29?,30?,31?,32?,33-,34-,35-,36-,37-/m1/s1. The third-order valence-corrected chi connectivity index (χ3v) is 12.4. The van der Waals surface area contributed by atoms with Gasteiger partial charge in [0.05, 0.1) is 69.9 Å². The molecule has 5 saturated heterocycles. The van der Waals surface area contributed by atoms with Crippen LogP contribution >= 0.6 is 12.6 Å². The minimum atomic E-state index is -1.68. The smallest absolute Gasteiger partial charge is 0.220 e. The van der Waals surface area contributed by atoms with Crippen LogP contribution in [0.25, 0.3) is 0 Å². The topological polar surface area (TPSA) is 474 Å². The SMILES string of the molecule is NC1C(O)[C@H](O)C(CO)O[C@H]1OCC1O[C@@H](OCC2O[C@@H](OCC3O[C@@H](OCC4O[C@@H](OCCCNC(=O)CCCS)C(N)C(O)[C@@H]4O)[C@H](N)C(O)[C@@H]3O)C(N)C(O)[C@@H]2O)C(N)C(O)[C@@H]1O. The number of thiol groups is 1. The van der Waals surface area contributed by atoms with Gasteiger partial charge in [-0.25, -0.2) is 0 Å². The summed E-state index contributed by atoms with van der Waals surface area (Å²) >= 11 is 4.08. The van der Waals surface area contributed by atoms with Crippen molar-refractivity contribution in [3.05, 3.63) is 0 Å². The van der Waals surface area contributed by atoms with Gasteiger partial charge in [0.25, 0.3) is 0 Å². The van der Waals surface area contributed by atoms with Crippen molar-refractivity contribution in [2.24, 2.45) is 28.7 Å². The van der Waals surface area contributed by atoms with E-state index >= 15 is 0 Å². The van der Waals surface area contributed by atoms with Crippen LogP contribution in [0.15, 0.2) is 0 Å². The zero-order valence-electron chi connectivity index (χ0n) is 36.0. The molecule has 0 saturated carbocycles. The average Bonchev–Trinajstić information content (AvgIpc) is 3.30. The van der Waals surface area contributed by atoms with Gasteiger partial charge in [0.2, 0.25) is 5.91 Å². The molecule has 5 fully saturated rings. The summed E-state index contributed by atoms with van der Waals surface area (Å²) in [6, 6.07) is -6.52. The Labute approximate surface area is 384 Å². The van der Waals surface area contributed by atoms with Crippen molar-refractivity contribution in [1.82, 2.24) is 5.32 Å². The van der Waals surface area contributed by atoms with E-state index in [9.17, 15) is 61.0 Å². The molecule has 25 atom stereocenters. The van der Waals surface area contributed by atoms with Gasteiger partial charge in [0.1, 0.15) is 91.6 Å². The number of ether oxygens (including phenoxy) is 10. The average molecular weight is 983 g/mol. The van der Waals surface area contributed by atoms with Crippen molar-refractivity contribution in [3.63, 3.8) is 0 Å². The van der Waals surface area contributed by atoms with Crippen molar-refractivity contribution in [3.8, 4) is 0 Å². The van der Waals surface area contributed by atoms with E-state index in [0.717, 1.165) is 0 Å². The number of amides is 1. The first-order chi connectivity index (χ1) is 31.3. The fourth-order valence-corrected chi connectivity index (χ4v) is 7.96. The van der Waals surface area contributed by atoms with Crippen LogP contribution in [-0.4, -0.2) is 267 Å². The van der Waals surface area contributed by atoms with Crippen molar-refractivity contribution < 1.29 is 108 Å². The molecule has 29 heteroatoms. The van der Waals surface area contributed by atoms with Crippen LogP contribution in [0, 0.1) is 0 Å². The van der Waals surface area contributed by atoms with E-state index in [-0.39, 0.29) is 12.5 Å². The Morgan fingerprint density at radius 1 is 0.455 bits per heavy atom. The van der Waals surface area contributed by atoms with E-state index in [4.69, 9.17) is 76.0 Å². The second kappa shape index (κ2) is 25.8. The summed E-state index contributed by atoms with van der Waals surface area (Å²) in [5.41, 5.74) is 30.3. The number of aliphatic hydroxyl groups excluding tert-OH is 11. The number of rotatable bonds is 21. The van der Waals surface area contributed by atoms with Crippen LogP contribution in [0.1, 0.15) is 19.3 Å². The molecule has 0 radical (unpaired) electrons. The Hall–Kier alpha value is -1.22. The van der Waals surface area contributed by atoms with E-state index in [1.54, 1.807) is 0 Å². The highest BCUT2D eigenvalue weighted by Gasteiger charge is 2.50. The monoisotopic (exact) mass is 982 g/mol. The van der Waals surface area contributed by atoms with Crippen molar-refractivity contribution in [2.75, 3.05) is 51.9 Å². The lowest BCUT2D eigenvalue weighted by Gasteiger charge is -2.45. The molecule has 66 heavy (non-hydrogen) atoms. The number of aliphatic hydroxyl groups is 11. The summed E-state index contributed by atoms with van der Waals surface area (Å²) in [4.78, 5) is 11.8. The minimum absolute atomic E-state index is 0.0826. The highest BCUT2D eigenvalue weighted by molar-refractivity contribution is 7.80. The Kier molecular flexibility index (Phi) is 21.7. The van der Waals surface area contributed by atoms with E-state index in [1.807, 2.05) is 0 Å². The maximum atomic E-state index is 11.8. The molecule has 5 rings (SSSR count). The number of hydrogen-bond acceptors (Lipinski definition) is 28. The van der Waals surface area contributed by atoms with Gasteiger partial charge < -0.3 is 138 Å². The van der Waals surface area contributed by atoms with Gasteiger partial charge in [0.15, 0.2) is 31.5 Å². The summed E-state index contributed by atoms with van der Waals surface area (Å²) in [5.74, 6) is 0.446. The Morgan fingerprint density at radius 2 is 0.742 bits per heavy atom. The largest absolute Gasteiger partial charge is 0.394 e. The predicted octanol–water partition coefficient (Wildman–Crippen LogP) is -10.9. The maximum Gasteiger partial charge on any atom is 0.220 e. The van der Waals surface area contributed by atoms with Crippen molar-refractivity contribution in [2.45, 2.75) is 172 Å². The fraction of sp³-hybridized carbons (Fsp3) is 0.973. The Bertz CT molecular complexity index is 1460. The van der Waals surface area contributed by atoms with E-state index in [1.165, 1.54) is 0 Å². The molecule has 0 aromatic rings. The van der Waals surface area contributed by atoms with Gasteiger partial charge in [-0.15, -0.1) is 0 Å². The third-order valence-electron chi connectivity index (χ3n) is 12.1. The molecule has 1 amide bonds. The van der Waals surface area contributed by atoms with Crippen LogP contribution in [0.5, 0.6) is 0 Å². The summed E-state index contributed by atoms with van der Waals surface area (Å²) in [5, 5.41) is 119. The Balaban J connectivity index is 1.12. The van der Waals surface area contributed by atoms with Gasteiger partial charge >= 0.3 is 0 Å². The first kappa shape index (κ1) is 55.7. The lowest BCUT2D eigenvalue weighted by atomic mass is 9.96. The molecule has 0 aromatic carbocycles. The zero-order chi connectivity index (χ0) is 48.6. The van der Waals surface area contributed by atoms with Gasteiger partial charge in [-0.1, -0.05) is 0 Å². The Morgan fingerprint density at radius 3 is 1.05 bits per heavy atom. The molecule has 14 unspecified atom stereocenters. The van der Waals surface area contributed by atoms with E-state index in [0.29, 0.717) is 31.6 Å². The van der Waals surface area contributed by atoms with Gasteiger partial charge in [-0.3, -0.25) is 4.79 Å². The molecule has 5 aliphatic heterocycles. The second-order valence-corrected chi connectivity index (χ2v) is 17.4. The van der Waals surface area contributed by atoms with Gasteiger partial charge in [-0.2, -0.15) is 12.6 Å². The summed E-state index contributed by atoms with van der Waals surface area (Å²) < 4.78 is 57.1. The highest BCUT2D eigenvalue weighted by atomic mass is 32.1. The molecule has 28 nitrogen and oxygen atoms in total. The molecule has 5 heterocycles. The van der Waals surface area contributed by atoms with Crippen molar-refractivity contribution >= 4 is 18.5 Å². The second-order valence-electron chi connectivity index (χ2n) is 16.9. The quantitative estimate of drug-likeness (QED) is 0.0375. The minimum Gasteiger partial charge on any atom is -0.394 e. The molecule has 0 bridgehead atoms. The van der Waals surface area contributed by atoms with Crippen LogP contribution in [0.2, 0.25) is 0 Å². The third kappa shape index (κ3) is 13.6. The van der Waals surface area contributed by atoms with E-state index < -0.39 is 186 Å². The molecular formula is C37H70N6O22S. The maximum absolute atomic E-state index is 11.8. The summed E-state index contributed by atoms with van der Waals surface area (Å²) in [7, 11) is 0. The number of hydrogen-bond donors (Lipinski definition) is 18. The lowest BCUT2D eigenvalue weighted by molar-refractivity contribution is -0.321. The van der Waals surface area contributed by atoms with Gasteiger partial charge in [0, 0.05) is 13.0 Å². The number of carbonyl (C=O) groups is 1. The first-order valence-electron chi connectivity index (χ1n) is 21.7. The number of carbonyl (C=O) groups excluding carboxylic acids is 1. The molecule has 0 aliphatic carbocycles. The van der Waals surface area contributed by atoms with Gasteiger partial charge in [-0.05, 0) is 18.6 Å². The summed E-state index contributed by atoms with van der Waals surface area (Å²) in [6.45, 7) is -2.39. The molecule has 386 valence electrons. The molecule has 0 spiro atoms. The molecule has 5 aliphatic rings. The number of nitrogens with one attached hydrogen (secondary N) is 1. The normalized spacial score (nSPS) is 46.8. The van der Waals surface area contributed by atoms with Crippen LogP contribution in [0.3, 0.4) is 0 Å². The predicted molar refractivity (Wildman–Crippen MR) is 221 cm³/mol. The van der Waals surface area contributed by atoms with Crippen LogP contribution in [0.4, 0.5) is 0 Å². The summed E-state index contributed by atoms with van der Waals surface area (Å²) in [6.07, 6.45) is -28.2. The molecular weight excluding hydrogens is 912 g/mol. The van der Waals surface area contributed by atoms with Crippen LogP contribution in [-0.2, 0) is 52.2 Å².